The third-order valence-corrected chi connectivity index (χ3v) is 4.57. The molecule has 4 rings (SSSR count). The quantitative estimate of drug-likeness (QED) is 0.404. The lowest BCUT2D eigenvalue weighted by Gasteiger charge is -2.20. The molecule has 0 aromatic heterocycles. The predicted molar refractivity (Wildman–Crippen MR) is 90.9 cm³/mol. The molecular weight excluding hydrogens is 324 g/mol. The summed E-state index contributed by atoms with van der Waals surface area (Å²) < 4.78 is 0. The third kappa shape index (κ3) is 1.83. The van der Waals surface area contributed by atoms with Crippen molar-refractivity contribution >= 4 is 27.9 Å². The highest BCUT2D eigenvalue weighted by molar-refractivity contribution is 6.28. The Labute approximate surface area is 140 Å². The largest absolute Gasteiger partial charge is 0.289 e. The van der Waals surface area contributed by atoms with Crippen LogP contribution in [0.3, 0.4) is 0 Å². The van der Waals surface area contributed by atoms with Crippen LogP contribution < -0.4 is 0 Å². The normalized spacial score (nSPS) is 12.1. The summed E-state index contributed by atoms with van der Waals surface area (Å²) in [5.74, 6) is -0.291. The average Bonchev–Trinajstić information content (AvgIpc) is 2.58. The lowest BCUT2D eigenvalue weighted by atomic mass is 9.80. The smallest absolute Gasteiger partial charge is 0.287 e. The Kier molecular flexibility index (Phi) is 2.95. The lowest BCUT2D eigenvalue weighted by molar-refractivity contribution is -0.393. The molecule has 0 heterocycles. The standard InChI is InChI=1S/C18H10N2O5/c1-9-16(19(22)23)12-7-4-8-13-14(12)15(17(9)20(24)25)10-5-2-3-6-11(10)18(13)21/h2-8H,1H3. The second-order valence-corrected chi connectivity index (χ2v) is 5.81. The number of nitro groups is 2. The Balaban J connectivity index is 2.37. The molecule has 0 spiro atoms. The van der Waals surface area contributed by atoms with E-state index in [2.05, 4.69) is 0 Å². The summed E-state index contributed by atoms with van der Waals surface area (Å²) in [6.45, 7) is 1.37. The molecule has 0 aliphatic heterocycles. The molecule has 7 nitrogen and oxygen atoms in total. The molecule has 0 N–H and O–H groups in total. The molecule has 0 bridgehead atoms. The number of ketones is 1. The highest BCUT2D eigenvalue weighted by Crippen LogP contribution is 2.49. The average molecular weight is 334 g/mol. The zero-order chi connectivity index (χ0) is 17.9. The number of benzene rings is 3. The first-order valence-electron chi connectivity index (χ1n) is 7.45. The van der Waals surface area contributed by atoms with E-state index in [9.17, 15) is 25.0 Å². The minimum Gasteiger partial charge on any atom is -0.289 e. The second-order valence-electron chi connectivity index (χ2n) is 5.81. The molecule has 0 unspecified atom stereocenters. The van der Waals surface area contributed by atoms with E-state index in [1.54, 1.807) is 36.4 Å². The molecule has 0 saturated carbocycles. The number of rotatable bonds is 2. The van der Waals surface area contributed by atoms with Crippen LogP contribution in [-0.4, -0.2) is 15.6 Å². The molecule has 0 fully saturated rings. The van der Waals surface area contributed by atoms with Crippen molar-refractivity contribution < 1.29 is 14.6 Å². The maximum Gasteiger partial charge on any atom is 0.287 e. The monoisotopic (exact) mass is 334 g/mol. The van der Waals surface area contributed by atoms with Gasteiger partial charge < -0.3 is 0 Å². The van der Waals surface area contributed by atoms with E-state index < -0.39 is 9.85 Å². The van der Waals surface area contributed by atoms with E-state index in [1.165, 1.54) is 13.0 Å². The zero-order valence-corrected chi connectivity index (χ0v) is 13.0. The number of nitrogens with zero attached hydrogens (tertiary/aromatic N) is 2. The van der Waals surface area contributed by atoms with Gasteiger partial charge in [0.15, 0.2) is 5.78 Å². The zero-order valence-electron chi connectivity index (χ0n) is 13.0. The topological polar surface area (TPSA) is 103 Å². The van der Waals surface area contributed by atoms with Gasteiger partial charge in [0.25, 0.3) is 11.4 Å². The summed E-state index contributed by atoms with van der Waals surface area (Å²) in [5, 5.41) is 23.8. The predicted octanol–water partition coefficient (Wildman–Crippen LogP) is 4.18. The molecule has 0 saturated heterocycles. The number of fused-ring (bicyclic) bond motifs is 2. The van der Waals surface area contributed by atoms with Gasteiger partial charge in [0.1, 0.15) is 5.56 Å². The van der Waals surface area contributed by atoms with Gasteiger partial charge in [-0.25, -0.2) is 0 Å². The molecule has 3 aromatic carbocycles. The first-order valence-corrected chi connectivity index (χ1v) is 7.45. The fourth-order valence-corrected chi connectivity index (χ4v) is 3.60. The van der Waals surface area contributed by atoms with Gasteiger partial charge >= 0.3 is 0 Å². The van der Waals surface area contributed by atoms with Gasteiger partial charge in [-0.3, -0.25) is 25.0 Å². The minimum atomic E-state index is -0.629. The van der Waals surface area contributed by atoms with E-state index in [-0.39, 0.29) is 44.6 Å². The van der Waals surface area contributed by atoms with E-state index >= 15 is 0 Å². The molecule has 7 heteroatoms. The van der Waals surface area contributed by atoms with Crippen molar-refractivity contribution in [2.45, 2.75) is 6.92 Å². The maximum atomic E-state index is 12.8. The van der Waals surface area contributed by atoms with Crippen molar-refractivity contribution in [3.05, 3.63) is 79.4 Å². The third-order valence-electron chi connectivity index (χ3n) is 4.57. The fourth-order valence-electron chi connectivity index (χ4n) is 3.60. The number of carbonyl (C=O) groups is 1. The first kappa shape index (κ1) is 14.9. The highest BCUT2D eigenvalue weighted by Gasteiger charge is 2.37. The SMILES string of the molecule is Cc1c([N+](=O)[O-])c2c3c(cccc3c1[N+](=O)[O-])C(=O)c1ccccc1-2. The number of carbonyl (C=O) groups excluding carboxylic acids is 1. The van der Waals surface area contributed by atoms with Gasteiger partial charge in [-0.05, 0) is 13.0 Å². The van der Waals surface area contributed by atoms with Crippen LogP contribution in [0.2, 0.25) is 0 Å². The van der Waals surface area contributed by atoms with Crippen molar-refractivity contribution in [3.63, 3.8) is 0 Å². The molecular formula is C18H10N2O5. The van der Waals surface area contributed by atoms with E-state index in [1.807, 2.05) is 0 Å². The Morgan fingerprint density at radius 3 is 2.04 bits per heavy atom. The number of hydrogen-bond acceptors (Lipinski definition) is 5. The summed E-state index contributed by atoms with van der Waals surface area (Å²) in [4.78, 5) is 34.9. The van der Waals surface area contributed by atoms with E-state index in [0.29, 0.717) is 11.1 Å². The minimum absolute atomic E-state index is 0.0150. The van der Waals surface area contributed by atoms with Crippen LogP contribution in [0.4, 0.5) is 11.4 Å². The van der Waals surface area contributed by atoms with E-state index in [4.69, 9.17) is 0 Å². The van der Waals surface area contributed by atoms with Crippen LogP contribution in [0, 0.1) is 27.2 Å². The van der Waals surface area contributed by atoms with Crippen LogP contribution in [0.1, 0.15) is 21.5 Å². The van der Waals surface area contributed by atoms with Crippen molar-refractivity contribution in [1.29, 1.82) is 0 Å². The Morgan fingerprint density at radius 2 is 1.40 bits per heavy atom. The summed E-state index contributed by atoms with van der Waals surface area (Å²) in [7, 11) is 0. The van der Waals surface area contributed by atoms with Crippen LogP contribution in [0.5, 0.6) is 0 Å². The second kappa shape index (κ2) is 4.94. The molecule has 0 radical (unpaired) electrons. The molecule has 0 amide bonds. The molecule has 1 aliphatic rings. The molecule has 3 aromatic rings. The number of hydrogen-bond donors (Lipinski definition) is 0. The van der Waals surface area contributed by atoms with Gasteiger partial charge in [0.2, 0.25) is 0 Å². The Hall–Kier alpha value is -3.61. The van der Waals surface area contributed by atoms with Gasteiger partial charge in [-0.2, -0.15) is 0 Å². The summed E-state index contributed by atoms with van der Waals surface area (Å²) in [6, 6.07) is 11.3. The van der Waals surface area contributed by atoms with Crippen LogP contribution in [0.15, 0.2) is 42.5 Å². The summed E-state index contributed by atoms with van der Waals surface area (Å²) in [5.41, 5.74) is 0.635. The van der Waals surface area contributed by atoms with Crippen molar-refractivity contribution in [3.8, 4) is 11.1 Å². The van der Waals surface area contributed by atoms with Crippen molar-refractivity contribution in [2.75, 3.05) is 0 Å². The first-order chi connectivity index (χ1) is 11.9. The highest BCUT2D eigenvalue weighted by atomic mass is 16.6. The molecule has 25 heavy (non-hydrogen) atoms. The van der Waals surface area contributed by atoms with E-state index in [0.717, 1.165) is 0 Å². The summed E-state index contributed by atoms with van der Waals surface area (Å²) in [6.07, 6.45) is 0. The summed E-state index contributed by atoms with van der Waals surface area (Å²) >= 11 is 0. The molecule has 1 aliphatic carbocycles. The molecule has 0 atom stereocenters. The van der Waals surface area contributed by atoms with Gasteiger partial charge in [-0.1, -0.05) is 36.4 Å². The van der Waals surface area contributed by atoms with Gasteiger partial charge in [-0.15, -0.1) is 0 Å². The van der Waals surface area contributed by atoms with Crippen LogP contribution >= 0.6 is 0 Å². The maximum absolute atomic E-state index is 12.8. The fraction of sp³-hybridized carbons (Fsp3) is 0.0556. The van der Waals surface area contributed by atoms with Gasteiger partial charge in [0.05, 0.1) is 20.8 Å². The van der Waals surface area contributed by atoms with Crippen molar-refractivity contribution in [1.82, 2.24) is 0 Å². The van der Waals surface area contributed by atoms with Crippen molar-refractivity contribution in [2.24, 2.45) is 0 Å². The Morgan fingerprint density at radius 1 is 0.800 bits per heavy atom. The van der Waals surface area contributed by atoms with Crippen LogP contribution in [-0.2, 0) is 0 Å². The lowest BCUT2D eigenvalue weighted by Crippen LogP contribution is -2.13. The number of nitro benzene ring substituents is 2. The Bertz CT molecular complexity index is 1130. The van der Waals surface area contributed by atoms with Crippen LogP contribution in [0.25, 0.3) is 21.9 Å². The molecule has 122 valence electrons. The van der Waals surface area contributed by atoms with Gasteiger partial charge in [0, 0.05) is 22.1 Å².